The number of aromatic nitrogens is 3. The van der Waals surface area contributed by atoms with Crippen LogP contribution in [-0.2, 0) is 25.8 Å². The molecule has 1 atom stereocenters. The molecule has 2 aliphatic heterocycles. The molecule has 2 aliphatic rings. The average Bonchev–Trinajstić information content (AvgIpc) is 3.23. The van der Waals surface area contributed by atoms with Crippen LogP contribution in [0.25, 0.3) is 0 Å². The van der Waals surface area contributed by atoms with Crippen LogP contribution in [0.1, 0.15) is 42.9 Å². The zero-order valence-electron chi connectivity index (χ0n) is 16.7. The molecule has 1 aromatic heterocycles. The number of benzene rings is 1. The third-order valence-corrected chi connectivity index (χ3v) is 5.49. The fraction of sp³-hybridized carbons (Fsp3) is 0.571. The fourth-order valence-electron chi connectivity index (χ4n) is 3.98. The molecule has 1 aromatic carbocycles. The highest BCUT2D eigenvalue weighted by Gasteiger charge is 2.22. The zero-order chi connectivity index (χ0) is 19.2. The molecule has 4 rings (SSSR count). The Hall–Kier alpha value is -2.57. The lowest BCUT2D eigenvalue weighted by molar-refractivity contribution is 0.235. The minimum Gasteiger partial charge on any atom is -0.488 e. The summed E-state index contributed by atoms with van der Waals surface area (Å²) in [4.78, 5) is 4.32. The van der Waals surface area contributed by atoms with E-state index < -0.39 is 0 Å². The number of hydrogen-bond donors (Lipinski definition) is 2. The van der Waals surface area contributed by atoms with Crippen LogP contribution in [0.2, 0.25) is 0 Å². The molecule has 3 heterocycles. The minimum absolute atomic E-state index is 0.155. The molecule has 0 bridgehead atoms. The number of aliphatic imine (C=N–C) groups is 1. The standard InChI is InChI=1S/C21H30N6O/c1-22-21(24-15-17-14-16-8-4-5-9-18(16)28-17)23-12-7-11-20-26-25-19-10-3-2-6-13-27(19)20/h4-5,8-9,17H,2-3,6-7,10-15H2,1H3,(H2,22,23,24). The zero-order valence-corrected chi connectivity index (χ0v) is 16.7. The van der Waals surface area contributed by atoms with Crippen LogP contribution in [0.15, 0.2) is 29.3 Å². The lowest BCUT2D eigenvalue weighted by atomic mass is 10.1. The van der Waals surface area contributed by atoms with Crippen molar-refractivity contribution in [1.29, 1.82) is 0 Å². The molecule has 2 aromatic rings. The SMILES string of the molecule is CN=C(NCCCc1nnc2n1CCCCC2)NCC1Cc2ccccc2O1. The van der Waals surface area contributed by atoms with Crippen molar-refractivity contribution in [2.75, 3.05) is 20.1 Å². The Labute approximate surface area is 166 Å². The maximum absolute atomic E-state index is 5.98. The van der Waals surface area contributed by atoms with Crippen molar-refractivity contribution in [3.05, 3.63) is 41.5 Å². The van der Waals surface area contributed by atoms with Gasteiger partial charge in [-0.2, -0.15) is 0 Å². The summed E-state index contributed by atoms with van der Waals surface area (Å²) in [5, 5.41) is 15.6. The smallest absolute Gasteiger partial charge is 0.191 e. The molecule has 0 amide bonds. The van der Waals surface area contributed by atoms with E-state index in [1.54, 1.807) is 7.05 Å². The summed E-state index contributed by atoms with van der Waals surface area (Å²) in [5.41, 5.74) is 1.28. The van der Waals surface area contributed by atoms with E-state index in [4.69, 9.17) is 4.74 Å². The Balaban J connectivity index is 1.18. The van der Waals surface area contributed by atoms with Gasteiger partial charge in [0.2, 0.25) is 0 Å². The molecule has 7 nitrogen and oxygen atoms in total. The number of nitrogens with one attached hydrogen (secondary N) is 2. The monoisotopic (exact) mass is 382 g/mol. The predicted octanol–water partition coefficient (Wildman–Crippen LogP) is 2.11. The van der Waals surface area contributed by atoms with Gasteiger partial charge in [0.25, 0.3) is 0 Å². The quantitative estimate of drug-likeness (QED) is 0.455. The van der Waals surface area contributed by atoms with Crippen LogP contribution in [0.3, 0.4) is 0 Å². The highest BCUT2D eigenvalue weighted by molar-refractivity contribution is 5.79. The molecule has 0 saturated heterocycles. The maximum Gasteiger partial charge on any atom is 0.191 e. The molecule has 0 spiro atoms. The molecule has 0 radical (unpaired) electrons. The highest BCUT2D eigenvalue weighted by Crippen LogP contribution is 2.27. The minimum atomic E-state index is 0.155. The molecule has 0 fully saturated rings. The second-order valence-corrected chi connectivity index (χ2v) is 7.53. The first-order valence-corrected chi connectivity index (χ1v) is 10.4. The third-order valence-electron chi connectivity index (χ3n) is 5.49. The van der Waals surface area contributed by atoms with E-state index in [9.17, 15) is 0 Å². The van der Waals surface area contributed by atoms with Gasteiger partial charge in [0.15, 0.2) is 5.96 Å². The largest absolute Gasteiger partial charge is 0.488 e. The molecule has 0 saturated carbocycles. The van der Waals surface area contributed by atoms with Gasteiger partial charge in [0.1, 0.15) is 23.5 Å². The van der Waals surface area contributed by atoms with Gasteiger partial charge in [0, 0.05) is 39.4 Å². The highest BCUT2D eigenvalue weighted by atomic mass is 16.5. The van der Waals surface area contributed by atoms with E-state index in [0.29, 0.717) is 0 Å². The van der Waals surface area contributed by atoms with Gasteiger partial charge in [-0.3, -0.25) is 4.99 Å². The lowest BCUT2D eigenvalue weighted by Crippen LogP contribution is -2.42. The number of hydrogen-bond acceptors (Lipinski definition) is 4. The first kappa shape index (κ1) is 18.8. The number of nitrogens with zero attached hydrogens (tertiary/aromatic N) is 4. The van der Waals surface area contributed by atoms with Crippen molar-refractivity contribution in [2.45, 2.75) is 57.6 Å². The Morgan fingerprint density at radius 1 is 1.21 bits per heavy atom. The number of ether oxygens (including phenoxy) is 1. The van der Waals surface area contributed by atoms with Gasteiger partial charge < -0.3 is 19.9 Å². The summed E-state index contributed by atoms with van der Waals surface area (Å²) in [6.45, 7) is 2.66. The Kier molecular flexibility index (Phi) is 6.09. The Bertz CT molecular complexity index is 790. The number of fused-ring (bicyclic) bond motifs is 2. The van der Waals surface area contributed by atoms with E-state index >= 15 is 0 Å². The predicted molar refractivity (Wildman–Crippen MR) is 110 cm³/mol. The maximum atomic E-state index is 5.98. The van der Waals surface area contributed by atoms with E-state index in [2.05, 4.69) is 42.5 Å². The van der Waals surface area contributed by atoms with Crippen molar-refractivity contribution in [1.82, 2.24) is 25.4 Å². The number of aryl methyl sites for hydroxylation is 2. The van der Waals surface area contributed by atoms with Crippen molar-refractivity contribution in [3.63, 3.8) is 0 Å². The summed E-state index contributed by atoms with van der Waals surface area (Å²) >= 11 is 0. The number of rotatable bonds is 6. The first-order valence-electron chi connectivity index (χ1n) is 10.4. The second-order valence-electron chi connectivity index (χ2n) is 7.53. The van der Waals surface area contributed by atoms with Crippen LogP contribution in [0.5, 0.6) is 5.75 Å². The molecule has 1 unspecified atom stereocenters. The van der Waals surface area contributed by atoms with E-state index in [-0.39, 0.29) is 6.10 Å². The normalized spacial score (nSPS) is 18.8. The van der Waals surface area contributed by atoms with Crippen LogP contribution >= 0.6 is 0 Å². The Morgan fingerprint density at radius 2 is 2.14 bits per heavy atom. The first-order chi connectivity index (χ1) is 13.8. The fourth-order valence-corrected chi connectivity index (χ4v) is 3.98. The molecular formula is C21H30N6O. The topological polar surface area (TPSA) is 76.4 Å². The summed E-state index contributed by atoms with van der Waals surface area (Å²) in [5.74, 6) is 4.11. The molecule has 2 N–H and O–H groups in total. The van der Waals surface area contributed by atoms with Gasteiger partial charge in [-0.05, 0) is 30.9 Å². The van der Waals surface area contributed by atoms with Crippen LogP contribution in [-0.4, -0.2) is 47.0 Å². The molecule has 7 heteroatoms. The van der Waals surface area contributed by atoms with Gasteiger partial charge >= 0.3 is 0 Å². The van der Waals surface area contributed by atoms with Crippen molar-refractivity contribution >= 4 is 5.96 Å². The van der Waals surface area contributed by atoms with Crippen LogP contribution in [0.4, 0.5) is 0 Å². The van der Waals surface area contributed by atoms with E-state index in [1.807, 2.05) is 12.1 Å². The van der Waals surface area contributed by atoms with Crippen LogP contribution in [0, 0.1) is 0 Å². The van der Waals surface area contributed by atoms with Crippen molar-refractivity contribution in [3.8, 4) is 5.75 Å². The van der Waals surface area contributed by atoms with Gasteiger partial charge in [-0.25, -0.2) is 0 Å². The summed E-state index contributed by atoms with van der Waals surface area (Å²) in [6, 6.07) is 8.25. The van der Waals surface area contributed by atoms with Gasteiger partial charge in [-0.1, -0.05) is 24.6 Å². The van der Waals surface area contributed by atoms with Gasteiger partial charge in [0.05, 0.1) is 6.54 Å². The van der Waals surface area contributed by atoms with Gasteiger partial charge in [-0.15, -0.1) is 10.2 Å². The molecular weight excluding hydrogens is 352 g/mol. The summed E-state index contributed by atoms with van der Waals surface area (Å²) in [6.07, 6.45) is 7.87. The number of guanidine groups is 1. The van der Waals surface area contributed by atoms with E-state index in [0.717, 1.165) is 68.7 Å². The van der Waals surface area contributed by atoms with E-state index in [1.165, 1.54) is 24.8 Å². The average molecular weight is 383 g/mol. The Morgan fingerprint density at radius 3 is 3.04 bits per heavy atom. The lowest BCUT2D eigenvalue weighted by Gasteiger charge is -2.15. The third kappa shape index (κ3) is 4.46. The molecule has 150 valence electrons. The number of para-hydroxylation sites is 1. The van der Waals surface area contributed by atoms with Crippen LogP contribution < -0.4 is 15.4 Å². The summed E-state index contributed by atoms with van der Waals surface area (Å²) < 4.78 is 8.30. The second kappa shape index (κ2) is 9.08. The molecule has 0 aliphatic carbocycles. The molecule has 28 heavy (non-hydrogen) atoms. The summed E-state index contributed by atoms with van der Waals surface area (Å²) in [7, 11) is 1.80. The van der Waals surface area contributed by atoms with Crippen molar-refractivity contribution in [2.24, 2.45) is 4.99 Å². The van der Waals surface area contributed by atoms with Crippen molar-refractivity contribution < 1.29 is 4.74 Å².